The second kappa shape index (κ2) is 15.9. The molecule has 4 nitrogen and oxygen atoms in total. The minimum atomic E-state index is -0.709. The summed E-state index contributed by atoms with van der Waals surface area (Å²) in [5.74, 6) is 3.48. The maximum Gasteiger partial charge on any atom is 0.134 e. The average molecular weight is 869 g/mol. The summed E-state index contributed by atoms with van der Waals surface area (Å²) in [5, 5.41) is 0. The van der Waals surface area contributed by atoms with Crippen molar-refractivity contribution in [1.82, 2.24) is 0 Å². The molecule has 1 aliphatic rings. The molecule has 0 atom stereocenters. The topological polar surface area (TPSA) is 70.5 Å². The molecular weight excluding hydrogens is 793 g/mol. The van der Waals surface area contributed by atoms with Crippen LogP contribution in [-0.4, -0.2) is 0 Å². The summed E-state index contributed by atoms with van der Waals surface area (Å²) < 4.78 is 14.7. The van der Waals surface area contributed by atoms with Crippen molar-refractivity contribution in [3.8, 4) is 34.1 Å². The highest BCUT2D eigenvalue weighted by atomic mass is 16.5. The molecule has 0 unspecified atom stereocenters. The molecule has 0 amide bonds. The second-order valence-electron chi connectivity index (χ2n) is 24.9. The van der Waals surface area contributed by atoms with Crippen LogP contribution in [0.4, 0.5) is 11.4 Å². The Bertz CT molecular complexity index is 2520. The Morgan fingerprint density at radius 2 is 0.615 bits per heavy atom. The molecule has 4 heteroatoms. The van der Waals surface area contributed by atoms with Gasteiger partial charge >= 0.3 is 0 Å². The van der Waals surface area contributed by atoms with Gasteiger partial charge in [0.25, 0.3) is 0 Å². The summed E-state index contributed by atoms with van der Waals surface area (Å²) in [7, 11) is 0. The van der Waals surface area contributed by atoms with E-state index in [1.807, 2.05) is 24.3 Å². The van der Waals surface area contributed by atoms with Gasteiger partial charge in [-0.15, -0.1) is 0 Å². The molecule has 0 saturated heterocycles. The number of hydrogen-bond donors (Lipinski definition) is 2. The lowest BCUT2D eigenvalue weighted by Crippen LogP contribution is -2.32. The van der Waals surface area contributed by atoms with Gasteiger partial charge in [-0.05, 0) is 127 Å². The van der Waals surface area contributed by atoms with Gasteiger partial charge in [-0.3, -0.25) is 0 Å². The summed E-state index contributed by atoms with van der Waals surface area (Å²) in [4.78, 5) is 0. The van der Waals surface area contributed by atoms with Crippen LogP contribution in [0, 0.1) is 0 Å². The Morgan fingerprint density at radius 1 is 0.338 bits per heavy atom. The molecule has 6 aromatic rings. The lowest BCUT2D eigenvalue weighted by molar-refractivity contribution is 0.417. The molecule has 6 aromatic carbocycles. The summed E-state index contributed by atoms with van der Waals surface area (Å²) >= 11 is 0. The summed E-state index contributed by atoms with van der Waals surface area (Å²) in [6.07, 6.45) is 0. The highest BCUT2D eigenvalue weighted by Crippen LogP contribution is 2.60. The third-order valence-electron chi connectivity index (χ3n) is 13.3. The third-order valence-corrected chi connectivity index (χ3v) is 13.3. The number of ether oxygens (including phenoxy) is 2. The van der Waals surface area contributed by atoms with Crippen LogP contribution < -0.4 is 20.9 Å². The molecule has 0 saturated carbocycles. The Kier molecular flexibility index (Phi) is 11.6. The van der Waals surface area contributed by atoms with Crippen molar-refractivity contribution in [2.45, 2.75) is 163 Å². The van der Waals surface area contributed by atoms with Crippen LogP contribution in [-0.2, 0) is 37.9 Å². The van der Waals surface area contributed by atoms with Gasteiger partial charge in [-0.2, -0.15) is 0 Å². The van der Waals surface area contributed by atoms with E-state index in [-0.39, 0.29) is 32.5 Å². The molecule has 65 heavy (non-hydrogen) atoms. The first-order valence-electron chi connectivity index (χ1n) is 23.6. The van der Waals surface area contributed by atoms with Gasteiger partial charge in [0, 0.05) is 44.8 Å². The van der Waals surface area contributed by atoms with E-state index in [1.165, 1.54) is 33.4 Å². The van der Waals surface area contributed by atoms with Crippen LogP contribution in [0.1, 0.15) is 180 Å². The molecule has 0 heterocycles. The first-order valence-corrected chi connectivity index (χ1v) is 23.6. The number of fused-ring (bicyclic) bond motifs is 3. The van der Waals surface area contributed by atoms with Crippen molar-refractivity contribution in [2.24, 2.45) is 0 Å². The van der Waals surface area contributed by atoms with Gasteiger partial charge in [0.05, 0.1) is 5.41 Å². The van der Waals surface area contributed by atoms with E-state index in [2.05, 4.69) is 210 Å². The van der Waals surface area contributed by atoms with Gasteiger partial charge in [0.2, 0.25) is 0 Å². The Morgan fingerprint density at radius 3 is 0.892 bits per heavy atom. The number of nitrogen functional groups attached to an aromatic ring is 2. The number of benzene rings is 6. The molecule has 0 spiro atoms. The Hall–Kier alpha value is -5.48. The molecule has 0 aromatic heterocycles. The van der Waals surface area contributed by atoms with E-state index in [4.69, 9.17) is 20.9 Å². The monoisotopic (exact) mass is 869 g/mol. The zero-order valence-electron chi connectivity index (χ0n) is 42.9. The first kappa shape index (κ1) is 47.5. The van der Waals surface area contributed by atoms with Crippen LogP contribution >= 0.6 is 0 Å². The van der Waals surface area contributed by atoms with E-state index in [9.17, 15) is 0 Å². The summed E-state index contributed by atoms with van der Waals surface area (Å²) in [6, 6.07) is 40.2. The van der Waals surface area contributed by atoms with Crippen molar-refractivity contribution in [1.29, 1.82) is 0 Å². The smallest absolute Gasteiger partial charge is 0.134 e. The first-order chi connectivity index (χ1) is 29.8. The highest BCUT2D eigenvalue weighted by Gasteiger charge is 2.49. The van der Waals surface area contributed by atoms with Crippen molar-refractivity contribution in [3.63, 3.8) is 0 Å². The maximum absolute atomic E-state index is 7.36. The molecule has 7 rings (SSSR count). The van der Waals surface area contributed by atoms with Crippen LogP contribution in [0.2, 0.25) is 0 Å². The minimum Gasteiger partial charge on any atom is -0.456 e. The lowest BCUT2D eigenvalue weighted by atomic mass is 9.63. The molecule has 0 fully saturated rings. The van der Waals surface area contributed by atoms with E-state index in [0.29, 0.717) is 0 Å². The lowest BCUT2D eigenvalue weighted by Gasteiger charge is -2.40. The van der Waals surface area contributed by atoms with Crippen LogP contribution in [0.3, 0.4) is 0 Å². The zero-order chi connectivity index (χ0) is 48.0. The molecular formula is C61H76N2O2. The van der Waals surface area contributed by atoms with Gasteiger partial charge < -0.3 is 20.9 Å². The zero-order valence-corrected chi connectivity index (χ0v) is 42.9. The van der Waals surface area contributed by atoms with Crippen molar-refractivity contribution < 1.29 is 9.47 Å². The van der Waals surface area contributed by atoms with Crippen molar-refractivity contribution in [3.05, 3.63) is 165 Å². The summed E-state index contributed by atoms with van der Waals surface area (Å²) in [6.45, 7) is 41.1. The number of nitrogens with two attached hydrogens (primary N) is 2. The molecule has 0 radical (unpaired) electrons. The average Bonchev–Trinajstić information content (AvgIpc) is 3.48. The van der Waals surface area contributed by atoms with Crippen molar-refractivity contribution in [2.75, 3.05) is 11.5 Å². The van der Waals surface area contributed by atoms with Crippen molar-refractivity contribution >= 4 is 11.4 Å². The maximum atomic E-state index is 7.36. The highest BCUT2D eigenvalue weighted by molar-refractivity contribution is 5.87. The molecule has 0 bridgehead atoms. The fraction of sp³-hybridized carbons (Fsp3) is 0.410. The van der Waals surface area contributed by atoms with E-state index < -0.39 is 5.41 Å². The quantitative estimate of drug-likeness (QED) is 0.163. The van der Waals surface area contributed by atoms with Crippen LogP contribution in [0.5, 0.6) is 23.0 Å². The van der Waals surface area contributed by atoms with E-state index in [0.717, 1.165) is 67.8 Å². The Balaban J connectivity index is 1.65. The normalized spacial score (nSPS) is 14.2. The van der Waals surface area contributed by atoms with Crippen LogP contribution in [0.25, 0.3) is 11.1 Å². The third kappa shape index (κ3) is 8.71. The minimum absolute atomic E-state index is 0.191. The van der Waals surface area contributed by atoms with E-state index >= 15 is 0 Å². The fourth-order valence-corrected chi connectivity index (χ4v) is 9.83. The molecule has 0 aliphatic heterocycles. The van der Waals surface area contributed by atoms with Crippen LogP contribution in [0.15, 0.2) is 109 Å². The number of rotatable bonds is 6. The summed E-state index contributed by atoms with van der Waals surface area (Å²) in [5.41, 5.74) is 26.3. The second-order valence-corrected chi connectivity index (χ2v) is 24.9. The molecule has 1 aliphatic carbocycles. The standard InChI is InChI=1S/C61H76N2O2/c1-55(2,3)45-35-39(62)27-29-51(45)64-53-47(57(7,8)9)31-37(32-48(53)58(10,11)12)61(43-25-21-19-23-41(43)42-24-20-22-26-44(42)61)38-33-49(59(13,14)15)54(50(34-38)60(16,17)18)65-52-30-28-40(63)36-46(52)56(4,5)6/h19-36H,62-63H2,1-18H3. The van der Waals surface area contributed by atoms with Gasteiger partial charge in [-0.25, -0.2) is 0 Å². The number of anilines is 2. The predicted octanol–water partition coefficient (Wildman–Crippen LogP) is 16.6. The Labute approximate surface area is 392 Å². The van der Waals surface area contributed by atoms with Gasteiger partial charge in [0.1, 0.15) is 23.0 Å². The largest absolute Gasteiger partial charge is 0.456 e. The predicted molar refractivity (Wildman–Crippen MR) is 278 cm³/mol. The van der Waals surface area contributed by atoms with Gasteiger partial charge in [-0.1, -0.05) is 173 Å². The molecule has 342 valence electrons. The SMILES string of the molecule is CC(C)(C)c1cc(N)ccc1Oc1c(C(C)(C)C)cc(C2(c3cc(C(C)(C)C)c(Oc4ccc(N)cc4C(C)(C)C)c(C(C)(C)C)c3)c3ccccc3-c3ccccc32)cc1C(C)(C)C. The number of hydrogen-bond acceptors (Lipinski definition) is 4. The fourth-order valence-electron chi connectivity index (χ4n) is 9.83. The molecule has 4 N–H and O–H groups in total. The van der Waals surface area contributed by atoms with E-state index in [1.54, 1.807) is 0 Å². The van der Waals surface area contributed by atoms with Gasteiger partial charge in [0.15, 0.2) is 0 Å².